The third kappa shape index (κ3) is 35.8. The quantitative estimate of drug-likeness (QED) is 0.427. The normalized spacial score (nSPS) is 8.15. The molecule has 0 aliphatic rings. The Balaban J connectivity index is -0.000000142. The van der Waals surface area contributed by atoms with E-state index in [0.29, 0.717) is 0 Å². The molecule has 0 bridgehead atoms. The lowest BCUT2D eigenvalue weighted by atomic mass is 10.3. The Hall–Kier alpha value is -1.04. The molecule has 0 aromatic rings. The molecule has 0 saturated carbocycles. The second kappa shape index (κ2) is 22.4. The summed E-state index contributed by atoms with van der Waals surface area (Å²) in [5.74, 6) is 0. The molecule has 0 N–H and O–H groups in total. The van der Waals surface area contributed by atoms with Crippen molar-refractivity contribution in [2.45, 2.75) is 34.1 Å². The van der Waals surface area contributed by atoms with Gasteiger partial charge in [0.25, 0.3) is 0 Å². The van der Waals surface area contributed by atoms with Crippen LogP contribution in [0.2, 0.25) is 0 Å². The van der Waals surface area contributed by atoms with Crippen molar-refractivity contribution in [2.24, 2.45) is 0 Å². The maximum atomic E-state index is 3.56. The van der Waals surface area contributed by atoms with E-state index < -0.39 is 0 Å². The minimum absolute atomic E-state index is 1.08. The maximum absolute atomic E-state index is 3.56. The molecule has 76 valence electrons. The maximum Gasteiger partial charge on any atom is -0.0382 e. The van der Waals surface area contributed by atoms with Gasteiger partial charge in [0, 0.05) is 0 Å². The Labute approximate surface area is 84.4 Å². The number of hydrogen-bond donors (Lipinski definition) is 0. The molecule has 0 aliphatic carbocycles. The van der Waals surface area contributed by atoms with Crippen LogP contribution in [-0.2, 0) is 0 Å². The first kappa shape index (κ1) is 17.9. The summed E-state index contributed by atoms with van der Waals surface area (Å²) in [6.45, 7) is 18.6. The van der Waals surface area contributed by atoms with Crippen molar-refractivity contribution < 1.29 is 0 Å². The van der Waals surface area contributed by atoms with E-state index in [2.05, 4.69) is 26.7 Å². The van der Waals surface area contributed by atoms with Crippen LogP contribution in [-0.4, -0.2) is 0 Å². The van der Waals surface area contributed by atoms with Crippen molar-refractivity contribution in [3.05, 3.63) is 49.6 Å². The summed E-state index contributed by atoms with van der Waals surface area (Å²) >= 11 is 0. The number of rotatable bonds is 3. The fourth-order valence-electron chi connectivity index (χ4n) is 0.254. The summed E-state index contributed by atoms with van der Waals surface area (Å²) in [4.78, 5) is 0. The van der Waals surface area contributed by atoms with Gasteiger partial charge in [0.1, 0.15) is 0 Å². The van der Waals surface area contributed by atoms with Crippen LogP contribution in [0.3, 0.4) is 0 Å². The van der Waals surface area contributed by atoms with E-state index in [1.807, 2.05) is 32.9 Å². The van der Waals surface area contributed by atoms with E-state index in [9.17, 15) is 0 Å². The van der Waals surface area contributed by atoms with Gasteiger partial charge in [0.2, 0.25) is 0 Å². The zero-order chi connectivity index (χ0) is 11.1. The van der Waals surface area contributed by atoms with Crippen LogP contribution in [0.15, 0.2) is 49.6 Å². The Morgan fingerprint density at radius 1 is 1.15 bits per heavy atom. The van der Waals surface area contributed by atoms with E-state index in [-0.39, 0.29) is 0 Å². The molecule has 0 aromatic heterocycles. The largest absolute Gasteiger partial charge is 0.103 e. The highest BCUT2D eigenvalue weighted by Gasteiger charge is 1.68. The third-order valence-electron chi connectivity index (χ3n) is 0.991. The Morgan fingerprint density at radius 2 is 1.54 bits per heavy atom. The first-order chi connectivity index (χ1) is 6.22. The Morgan fingerprint density at radius 3 is 1.62 bits per heavy atom. The molecule has 0 saturated heterocycles. The summed E-state index contributed by atoms with van der Waals surface area (Å²) in [6.07, 6.45) is 8.41. The van der Waals surface area contributed by atoms with Crippen LogP contribution >= 0.6 is 0 Å². The second-order valence-corrected chi connectivity index (χ2v) is 2.05. The van der Waals surface area contributed by atoms with Gasteiger partial charge in [0.15, 0.2) is 0 Å². The first-order valence-electron chi connectivity index (χ1n) is 4.75. The fraction of sp³-hybridized carbons (Fsp3) is 0.385. The van der Waals surface area contributed by atoms with E-state index in [0.717, 1.165) is 12.0 Å². The highest BCUT2D eigenvalue weighted by atomic mass is 13.8. The molecule has 0 spiro atoms. The van der Waals surface area contributed by atoms with Crippen LogP contribution in [0, 0.1) is 0 Å². The van der Waals surface area contributed by atoms with Crippen LogP contribution in [0.1, 0.15) is 34.1 Å². The molecule has 0 amide bonds. The highest BCUT2D eigenvalue weighted by molar-refractivity contribution is 5.17. The topological polar surface area (TPSA) is 0 Å². The van der Waals surface area contributed by atoms with Crippen molar-refractivity contribution in [1.29, 1.82) is 0 Å². The molecule has 0 aromatic carbocycles. The van der Waals surface area contributed by atoms with Crippen LogP contribution < -0.4 is 0 Å². The van der Waals surface area contributed by atoms with Gasteiger partial charge in [-0.2, -0.15) is 0 Å². The van der Waals surface area contributed by atoms with Crippen LogP contribution in [0.4, 0.5) is 0 Å². The highest BCUT2D eigenvalue weighted by Crippen LogP contribution is 1.90. The van der Waals surface area contributed by atoms with Gasteiger partial charge >= 0.3 is 0 Å². The first-order valence-corrected chi connectivity index (χ1v) is 4.75. The van der Waals surface area contributed by atoms with Crippen molar-refractivity contribution in [3.63, 3.8) is 0 Å². The van der Waals surface area contributed by atoms with E-state index in [1.54, 1.807) is 12.2 Å². The van der Waals surface area contributed by atoms with Gasteiger partial charge in [-0.25, -0.2) is 0 Å². The van der Waals surface area contributed by atoms with Gasteiger partial charge in [0.05, 0.1) is 0 Å². The predicted molar refractivity (Wildman–Crippen MR) is 66.0 cm³/mol. The third-order valence-corrected chi connectivity index (χ3v) is 0.991. The monoisotopic (exact) mass is 180 g/mol. The van der Waals surface area contributed by atoms with Crippen LogP contribution in [0.5, 0.6) is 0 Å². The standard InChI is InChI=1S/C7H10.C4H8.C2H6/c1-4-6-7(3)5-2;1-3-4-2;1-2/h4-6H,1-2H2,3H3;3H,1,4H2,2H3;1-2H3/b7-6-;;. The van der Waals surface area contributed by atoms with Crippen LogP contribution in [0.25, 0.3) is 0 Å². The average molecular weight is 180 g/mol. The second-order valence-electron chi connectivity index (χ2n) is 2.05. The fourth-order valence-corrected chi connectivity index (χ4v) is 0.254. The van der Waals surface area contributed by atoms with Crippen molar-refractivity contribution >= 4 is 0 Å². The predicted octanol–water partition coefficient (Wildman–Crippen LogP) is 4.91. The van der Waals surface area contributed by atoms with E-state index in [1.165, 1.54) is 0 Å². The van der Waals surface area contributed by atoms with Gasteiger partial charge in [-0.1, -0.05) is 63.8 Å². The van der Waals surface area contributed by atoms with Crippen molar-refractivity contribution in [3.8, 4) is 0 Å². The molecule has 0 aliphatic heterocycles. The molecule has 0 heteroatoms. The summed E-state index contributed by atoms with van der Waals surface area (Å²) < 4.78 is 0. The molecule has 0 unspecified atom stereocenters. The molecule has 0 nitrogen and oxygen atoms in total. The molecule has 13 heavy (non-hydrogen) atoms. The lowest BCUT2D eigenvalue weighted by Crippen LogP contribution is -1.58. The summed E-state index contributed by atoms with van der Waals surface area (Å²) in [5.41, 5.74) is 1.15. The van der Waals surface area contributed by atoms with Gasteiger partial charge in [-0.3, -0.25) is 0 Å². The van der Waals surface area contributed by atoms with Crippen molar-refractivity contribution in [1.82, 2.24) is 0 Å². The number of hydrogen-bond acceptors (Lipinski definition) is 0. The van der Waals surface area contributed by atoms with Gasteiger partial charge in [-0.15, -0.1) is 6.58 Å². The molecule has 0 heterocycles. The SMILES string of the molecule is C=C/C=C(/C)C=C.C=CCC.CC. The number of allylic oxidation sites excluding steroid dienone is 5. The van der Waals surface area contributed by atoms with Gasteiger partial charge in [-0.05, 0) is 13.3 Å². The molecule has 0 rings (SSSR count). The van der Waals surface area contributed by atoms with E-state index in [4.69, 9.17) is 0 Å². The molecular weight excluding hydrogens is 156 g/mol. The smallest absolute Gasteiger partial charge is 0.0382 e. The minimum atomic E-state index is 1.08. The van der Waals surface area contributed by atoms with E-state index >= 15 is 0 Å². The zero-order valence-corrected chi connectivity index (χ0v) is 9.64. The lowest BCUT2D eigenvalue weighted by Gasteiger charge is -1.80. The Bertz CT molecular complexity index is 138. The minimum Gasteiger partial charge on any atom is -0.103 e. The zero-order valence-electron chi connectivity index (χ0n) is 9.64. The summed E-state index contributed by atoms with van der Waals surface area (Å²) in [6, 6.07) is 0. The van der Waals surface area contributed by atoms with Gasteiger partial charge < -0.3 is 0 Å². The van der Waals surface area contributed by atoms with Crippen molar-refractivity contribution in [2.75, 3.05) is 0 Å². The Kier molecular flexibility index (Phi) is 30.9. The summed E-state index contributed by atoms with van der Waals surface area (Å²) in [5, 5.41) is 0. The lowest BCUT2D eigenvalue weighted by molar-refractivity contribution is 1.23. The summed E-state index contributed by atoms with van der Waals surface area (Å²) in [7, 11) is 0. The average Bonchev–Trinajstić information content (AvgIpc) is 2.21. The molecule has 0 atom stereocenters. The molecule has 0 radical (unpaired) electrons. The molecule has 0 fully saturated rings. The molecular formula is C13H24.